The van der Waals surface area contributed by atoms with Crippen LogP contribution in [0.3, 0.4) is 0 Å². The number of rotatable bonds is 1. The van der Waals surface area contributed by atoms with Gasteiger partial charge < -0.3 is 10.2 Å². The van der Waals surface area contributed by atoms with Gasteiger partial charge >= 0.3 is 6.18 Å². The summed E-state index contributed by atoms with van der Waals surface area (Å²) in [7, 11) is 0. The molecule has 1 aromatic carbocycles. The first-order valence-electron chi connectivity index (χ1n) is 4.29. The molecule has 0 bridgehead atoms. The Morgan fingerprint density at radius 3 is 2.56 bits per heavy atom. The van der Waals surface area contributed by atoms with E-state index in [9.17, 15) is 18.0 Å². The number of primary amides is 1. The monoisotopic (exact) mass is 229 g/mol. The van der Waals surface area contributed by atoms with Crippen molar-refractivity contribution in [3.63, 3.8) is 0 Å². The second-order valence-corrected chi connectivity index (χ2v) is 3.19. The van der Waals surface area contributed by atoms with E-state index in [4.69, 9.17) is 5.73 Å². The van der Waals surface area contributed by atoms with Crippen LogP contribution in [0, 0.1) is 0 Å². The molecule has 2 rings (SSSR count). The van der Waals surface area contributed by atoms with E-state index in [1.165, 1.54) is 18.2 Å². The van der Waals surface area contributed by atoms with E-state index in [0.29, 0.717) is 0 Å². The van der Waals surface area contributed by atoms with E-state index in [-0.39, 0.29) is 16.5 Å². The zero-order chi connectivity index (χ0) is 11.9. The number of furan rings is 1. The summed E-state index contributed by atoms with van der Waals surface area (Å²) in [6.07, 6.45) is -4.58. The first-order chi connectivity index (χ1) is 7.39. The molecule has 1 heterocycles. The van der Waals surface area contributed by atoms with Crippen LogP contribution >= 0.6 is 0 Å². The quantitative estimate of drug-likeness (QED) is 0.816. The summed E-state index contributed by atoms with van der Waals surface area (Å²) in [6, 6.07) is 4.87. The fraction of sp³-hybridized carbons (Fsp3) is 0.100. The van der Waals surface area contributed by atoms with E-state index in [1.54, 1.807) is 0 Å². The van der Waals surface area contributed by atoms with Crippen molar-refractivity contribution in [2.45, 2.75) is 6.18 Å². The lowest BCUT2D eigenvalue weighted by Crippen LogP contribution is -2.10. The lowest BCUT2D eigenvalue weighted by atomic mass is 10.1. The molecule has 3 nitrogen and oxygen atoms in total. The fourth-order valence-electron chi connectivity index (χ4n) is 1.42. The number of nitrogens with two attached hydrogens (primary N) is 1. The smallest absolute Gasteiger partial charge is 0.449 e. The second-order valence-electron chi connectivity index (χ2n) is 3.19. The number of amides is 1. The van der Waals surface area contributed by atoms with Gasteiger partial charge in [-0.25, -0.2) is 0 Å². The summed E-state index contributed by atoms with van der Waals surface area (Å²) >= 11 is 0. The third kappa shape index (κ3) is 1.62. The van der Waals surface area contributed by atoms with Crippen molar-refractivity contribution in [2.24, 2.45) is 5.73 Å². The molecule has 1 aromatic heterocycles. The van der Waals surface area contributed by atoms with Crippen LogP contribution in [0.5, 0.6) is 0 Å². The largest absolute Gasteiger partial charge is 0.451 e. The van der Waals surface area contributed by atoms with Gasteiger partial charge in [-0.2, -0.15) is 13.2 Å². The molecule has 16 heavy (non-hydrogen) atoms. The average Bonchev–Trinajstić information content (AvgIpc) is 2.59. The third-order valence-corrected chi connectivity index (χ3v) is 2.11. The molecule has 1 amide bonds. The molecule has 0 aliphatic carbocycles. The number of benzene rings is 1. The highest BCUT2D eigenvalue weighted by Crippen LogP contribution is 2.34. The van der Waals surface area contributed by atoms with E-state index >= 15 is 0 Å². The minimum atomic E-state index is -4.58. The molecule has 0 saturated heterocycles. The van der Waals surface area contributed by atoms with Crippen LogP contribution < -0.4 is 5.73 Å². The Kier molecular flexibility index (Phi) is 2.15. The molecule has 0 saturated carbocycles. The van der Waals surface area contributed by atoms with Gasteiger partial charge in [0.25, 0.3) is 0 Å². The minimum Gasteiger partial charge on any atom is -0.451 e. The van der Waals surface area contributed by atoms with Gasteiger partial charge in [-0.05, 0) is 18.2 Å². The predicted octanol–water partition coefficient (Wildman–Crippen LogP) is 2.55. The summed E-state index contributed by atoms with van der Waals surface area (Å²) in [5.74, 6) is -1.93. The predicted molar refractivity (Wildman–Crippen MR) is 49.7 cm³/mol. The van der Waals surface area contributed by atoms with Crippen LogP contribution in [0.25, 0.3) is 11.0 Å². The van der Waals surface area contributed by atoms with E-state index < -0.39 is 17.8 Å². The van der Waals surface area contributed by atoms with Gasteiger partial charge in [-0.3, -0.25) is 4.79 Å². The maximum Gasteiger partial charge on any atom is 0.449 e. The van der Waals surface area contributed by atoms with Crippen molar-refractivity contribution >= 4 is 16.9 Å². The molecular formula is C10H6F3NO2. The van der Waals surface area contributed by atoms with E-state index in [2.05, 4.69) is 4.42 Å². The Labute approximate surface area is 87.6 Å². The van der Waals surface area contributed by atoms with E-state index in [1.807, 2.05) is 0 Å². The number of alkyl halides is 3. The molecule has 84 valence electrons. The average molecular weight is 229 g/mol. The Morgan fingerprint density at radius 1 is 1.31 bits per heavy atom. The van der Waals surface area contributed by atoms with Gasteiger partial charge in [0.2, 0.25) is 11.7 Å². The highest BCUT2D eigenvalue weighted by atomic mass is 19.4. The van der Waals surface area contributed by atoms with Gasteiger partial charge in [0, 0.05) is 5.39 Å². The lowest BCUT2D eigenvalue weighted by Gasteiger charge is -1.98. The third-order valence-electron chi connectivity index (χ3n) is 2.11. The van der Waals surface area contributed by atoms with Gasteiger partial charge in [0.1, 0.15) is 5.58 Å². The Balaban J connectivity index is 2.71. The highest BCUT2D eigenvalue weighted by molar-refractivity contribution is 6.05. The van der Waals surface area contributed by atoms with Crippen molar-refractivity contribution in [3.8, 4) is 0 Å². The van der Waals surface area contributed by atoms with Crippen molar-refractivity contribution in [1.29, 1.82) is 0 Å². The van der Waals surface area contributed by atoms with Gasteiger partial charge in [-0.1, -0.05) is 6.07 Å². The minimum absolute atomic E-state index is 0.0105. The zero-order valence-electron chi connectivity index (χ0n) is 7.84. The maximum atomic E-state index is 12.3. The lowest BCUT2D eigenvalue weighted by molar-refractivity contribution is -0.152. The van der Waals surface area contributed by atoms with Crippen LogP contribution in [0.1, 0.15) is 16.1 Å². The summed E-state index contributed by atoms with van der Waals surface area (Å²) in [6.45, 7) is 0. The van der Waals surface area contributed by atoms with Crippen molar-refractivity contribution in [1.82, 2.24) is 0 Å². The molecule has 0 fully saturated rings. The summed E-state index contributed by atoms with van der Waals surface area (Å²) < 4.78 is 41.6. The summed E-state index contributed by atoms with van der Waals surface area (Å²) in [5.41, 5.74) is 5.04. The molecule has 0 atom stereocenters. The number of carbonyl (C=O) groups is 1. The van der Waals surface area contributed by atoms with Crippen molar-refractivity contribution in [3.05, 3.63) is 35.6 Å². The number of fused-ring (bicyclic) bond motifs is 1. The Morgan fingerprint density at radius 2 is 2.00 bits per heavy atom. The first-order valence-corrected chi connectivity index (χ1v) is 4.29. The van der Waals surface area contributed by atoms with Gasteiger partial charge in [0.15, 0.2) is 0 Å². The van der Waals surface area contributed by atoms with Crippen LogP contribution in [-0.2, 0) is 6.18 Å². The van der Waals surface area contributed by atoms with Gasteiger partial charge in [-0.15, -0.1) is 0 Å². The molecule has 2 N–H and O–H groups in total. The highest BCUT2D eigenvalue weighted by Gasteiger charge is 2.35. The molecule has 0 aliphatic rings. The van der Waals surface area contributed by atoms with Crippen LogP contribution in [0.4, 0.5) is 13.2 Å². The number of carbonyl (C=O) groups excluding carboxylic acids is 1. The topological polar surface area (TPSA) is 56.2 Å². The number of hydrogen-bond donors (Lipinski definition) is 1. The Hall–Kier alpha value is -1.98. The molecule has 6 heteroatoms. The van der Waals surface area contributed by atoms with Crippen molar-refractivity contribution < 1.29 is 22.4 Å². The first kappa shape index (κ1) is 10.5. The van der Waals surface area contributed by atoms with Gasteiger partial charge in [0.05, 0.1) is 5.56 Å². The molecule has 0 spiro atoms. The molecule has 0 unspecified atom stereocenters. The van der Waals surface area contributed by atoms with Crippen LogP contribution in [-0.4, -0.2) is 5.91 Å². The molecule has 2 aromatic rings. The normalized spacial score (nSPS) is 11.9. The Bertz CT molecular complexity index is 557. The molecule has 0 radical (unpaired) electrons. The zero-order valence-corrected chi connectivity index (χ0v) is 7.84. The number of halogens is 3. The molecule has 0 aliphatic heterocycles. The van der Waals surface area contributed by atoms with Crippen molar-refractivity contribution in [2.75, 3.05) is 0 Å². The maximum absolute atomic E-state index is 12.3. The second kappa shape index (κ2) is 3.26. The standard InChI is InChI=1S/C10H6F3NO2/c11-10(12,13)8-4-6-5(9(14)15)2-1-3-7(6)16-8/h1-4H,(H2,14,15). The van der Waals surface area contributed by atoms with E-state index in [0.717, 1.165) is 6.07 Å². The summed E-state index contributed by atoms with van der Waals surface area (Å²) in [5, 5.41) is 0.0716. The van der Waals surface area contributed by atoms with Crippen LogP contribution in [0.15, 0.2) is 28.7 Å². The SMILES string of the molecule is NC(=O)c1cccc2oc(C(F)(F)F)cc12. The molecular weight excluding hydrogens is 223 g/mol. The fourth-order valence-corrected chi connectivity index (χ4v) is 1.42. The number of hydrogen-bond acceptors (Lipinski definition) is 2. The van der Waals surface area contributed by atoms with Crippen LogP contribution in [0.2, 0.25) is 0 Å². The summed E-state index contributed by atoms with van der Waals surface area (Å²) in [4.78, 5) is 11.0.